The lowest BCUT2D eigenvalue weighted by Gasteiger charge is -2.27. The summed E-state index contributed by atoms with van der Waals surface area (Å²) in [6.45, 7) is 1.28. The summed E-state index contributed by atoms with van der Waals surface area (Å²) < 4.78 is 0. The van der Waals surface area contributed by atoms with Gasteiger partial charge in [-0.25, -0.2) is 0 Å². The van der Waals surface area contributed by atoms with E-state index in [2.05, 4.69) is 5.32 Å². The van der Waals surface area contributed by atoms with Crippen molar-refractivity contribution in [3.05, 3.63) is 0 Å². The minimum atomic E-state index is 0.867. The van der Waals surface area contributed by atoms with Gasteiger partial charge in [0, 0.05) is 6.04 Å². The van der Waals surface area contributed by atoms with Gasteiger partial charge in [-0.15, -0.1) is 0 Å². The van der Waals surface area contributed by atoms with E-state index in [0.717, 1.165) is 12.0 Å². The number of nitrogens with one attached hydrogen (secondary N) is 1. The largest absolute Gasteiger partial charge is 0.314 e. The summed E-state index contributed by atoms with van der Waals surface area (Å²) in [5.41, 5.74) is 0. The number of hydrogen-bond acceptors (Lipinski definition) is 1. The Bertz CT molecular complexity index is 141. The summed E-state index contributed by atoms with van der Waals surface area (Å²) in [5, 5.41) is 3.69. The first-order chi connectivity index (χ1) is 6.95. The molecule has 2 aliphatic rings. The molecule has 1 aliphatic carbocycles. The normalized spacial score (nSPS) is 31.3. The highest BCUT2D eigenvalue weighted by Crippen LogP contribution is 2.28. The molecule has 2 fully saturated rings. The van der Waals surface area contributed by atoms with Crippen LogP contribution in [0.2, 0.25) is 0 Å². The second-order valence-corrected chi connectivity index (χ2v) is 5.24. The van der Waals surface area contributed by atoms with Crippen molar-refractivity contribution in [2.24, 2.45) is 5.92 Å². The third kappa shape index (κ3) is 3.27. The van der Waals surface area contributed by atoms with E-state index in [9.17, 15) is 0 Å². The zero-order chi connectivity index (χ0) is 9.64. The Hall–Kier alpha value is -0.0400. The molecule has 0 aromatic carbocycles. The van der Waals surface area contributed by atoms with Gasteiger partial charge in [-0.05, 0) is 31.7 Å². The second-order valence-electron chi connectivity index (χ2n) is 5.24. The maximum absolute atomic E-state index is 3.69. The third-order valence-electron chi connectivity index (χ3n) is 4.00. The molecular weight excluding hydrogens is 170 g/mol. The number of hydrogen-bond donors (Lipinski definition) is 1. The van der Waals surface area contributed by atoms with Gasteiger partial charge >= 0.3 is 0 Å². The monoisotopic (exact) mass is 195 g/mol. The van der Waals surface area contributed by atoms with Crippen LogP contribution in [0.25, 0.3) is 0 Å². The van der Waals surface area contributed by atoms with Crippen LogP contribution in [0.4, 0.5) is 0 Å². The molecule has 1 saturated carbocycles. The highest BCUT2D eigenvalue weighted by atomic mass is 14.9. The zero-order valence-electron chi connectivity index (χ0n) is 9.43. The van der Waals surface area contributed by atoms with Crippen molar-refractivity contribution in [2.45, 2.75) is 70.3 Å². The molecular formula is C13H25N. The Morgan fingerprint density at radius 3 is 2.14 bits per heavy atom. The molecule has 0 aromatic heterocycles. The van der Waals surface area contributed by atoms with Crippen LogP contribution in [0.1, 0.15) is 64.2 Å². The first-order valence-corrected chi connectivity index (χ1v) is 6.68. The fourth-order valence-electron chi connectivity index (χ4n) is 3.13. The highest BCUT2D eigenvalue weighted by molar-refractivity contribution is 4.76. The van der Waals surface area contributed by atoms with Crippen molar-refractivity contribution < 1.29 is 0 Å². The van der Waals surface area contributed by atoms with Crippen LogP contribution >= 0.6 is 0 Å². The quantitative estimate of drug-likeness (QED) is 0.665. The minimum Gasteiger partial charge on any atom is -0.314 e. The van der Waals surface area contributed by atoms with Gasteiger partial charge in [-0.1, -0.05) is 44.9 Å². The van der Waals surface area contributed by atoms with Gasteiger partial charge in [0.05, 0.1) is 0 Å². The topological polar surface area (TPSA) is 12.0 Å². The average molecular weight is 195 g/mol. The van der Waals surface area contributed by atoms with E-state index in [-0.39, 0.29) is 0 Å². The van der Waals surface area contributed by atoms with Crippen LogP contribution in [-0.4, -0.2) is 12.6 Å². The first-order valence-electron chi connectivity index (χ1n) is 6.68. The molecule has 14 heavy (non-hydrogen) atoms. The molecule has 0 amide bonds. The Balaban J connectivity index is 1.71. The fraction of sp³-hybridized carbons (Fsp3) is 1.00. The van der Waals surface area contributed by atoms with Crippen molar-refractivity contribution >= 4 is 0 Å². The van der Waals surface area contributed by atoms with E-state index in [1.165, 1.54) is 70.8 Å². The van der Waals surface area contributed by atoms with Crippen LogP contribution in [0.5, 0.6) is 0 Å². The van der Waals surface area contributed by atoms with Crippen molar-refractivity contribution in [3.8, 4) is 0 Å². The summed E-state index contributed by atoms with van der Waals surface area (Å²) in [6.07, 6.45) is 14.8. The molecule has 1 heterocycles. The molecule has 0 radical (unpaired) electrons. The molecule has 2 rings (SSSR count). The molecule has 1 atom stereocenters. The van der Waals surface area contributed by atoms with Gasteiger partial charge < -0.3 is 5.32 Å². The summed E-state index contributed by atoms with van der Waals surface area (Å²) in [7, 11) is 0. The molecule has 0 aromatic rings. The van der Waals surface area contributed by atoms with Gasteiger partial charge in [-0.2, -0.15) is 0 Å². The van der Waals surface area contributed by atoms with Crippen molar-refractivity contribution in [1.82, 2.24) is 5.32 Å². The first kappa shape index (κ1) is 10.5. The molecule has 1 aliphatic heterocycles. The lowest BCUT2D eigenvalue weighted by molar-refractivity contribution is 0.308. The van der Waals surface area contributed by atoms with E-state index in [1.54, 1.807) is 0 Å². The van der Waals surface area contributed by atoms with Crippen LogP contribution in [0.3, 0.4) is 0 Å². The Morgan fingerprint density at radius 2 is 1.50 bits per heavy atom. The van der Waals surface area contributed by atoms with E-state index >= 15 is 0 Å². The molecule has 0 bridgehead atoms. The summed E-state index contributed by atoms with van der Waals surface area (Å²) in [4.78, 5) is 0. The van der Waals surface area contributed by atoms with E-state index < -0.39 is 0 Å². The number of rotatable bonds is 2. The van der Waals surface area contributed by atoms with Crippen LogP contribution < -0.4 is 5.32 Å². The zero-order valence-corrected chi connectivity index (χ0v) is 9.43. The predicted octanol–water partition coefficient (Wildman–Crippen LogP) is 3.49. The maximum Gasteiger partial charge on any atom is 0.00697 e. The second kappa shape index (κ2) is 5.75. The maximum atomic E-state index is 3.69. The Labute approximate surface area is 88.7 Å². The molecule has 1 saturated heterocycles. The highest BCUT2D eigenvalue weighted by Gasteiger charge is 2.19. The van der Waals surface area contributed by atoms with Crippen molar-refractivity contribution in [1.29, 1.82) is 0 Å². The Kier molecular flexibility index (Phi) is 4.30. The van der Waals surface area contributed by atoms with Crippen LogP contribution in [-0.2, 0) is 0 Å². The minimum absolute atomic E-state index is 0.867. The standard InChI is InChI=1S/C13H25N/c1-2-4-8-12(7-3-1)11-13-9-5-6-10-14-13/h12-14H,1-11H2/t13-/m1/s1. The summed E-state index contributed by atoms with van der Waals surface area (Å²) >= 11 is 0. The molecule has 0 spiro atoms. The SMILES string of the molecule is C1CCCC(C[C@H]2CCCCN2)CC1. The van der Waals surface area contributed by atoms with E-state index in [4.69, 9.17) is 0 Å². The smallest absolute Gasteiger partial charge is 0.00697 e. The van der Waals surface area contributed by atoms with E-state index in [0.29, 0.717) is 0 Å². The number of piperidine rings is 1. The van der Waals surface area contributed by atoms with Crippen molar-refractivity contribution in [3.63, 3.8) is 0 Å². The predicted molar refractivity (Wildman–Crippen MR) is 61.5 cm³/mol. The Morgan fingerprint density at radius 1 is 0.786 bits per heavy atom. The van der Waals surface area contributed by atoms with E-state index in [1.807, 2.05) is 0 Å². The van der Waals surface area contributed by atoms with Gasteiger partial charge in [0.25, 0.3) is 0 Å². The molecule has 82 valence electrons. The van der Waals surface area contributed by atoms with Gasteiger partial charge in [0.1, 0.15) is 0 Å². The third-order valence-corrected chi connectivity index (χ3v) is 4.00. The van der Waals surface area contributed by atoms with Crippen molar-refractivity contribution in [2.75, 3.05) is 6.54 Å². The van der Waals surface area contributed by atoms with Gasteiger partial charge in [0.2, 0.25) is 0 Å². The van der Waals surface area contributed by atoms with Crippen LogP contribution in [0.15, 0.2) is 0 Å². The van der Waals surface area contributed by atoms with Crippen LogP contribution in [0, 0.1) is 5.92 Å². The average Bonchev–Trinajstić information content (AvgIpc) is 2.48. The lowest BCUT2D eigenvalue weighted by atomic mass is 9.89. The fourth-order valence-corrected chi connectivity index (χ4v) is 3.13. The molecule has 1 heteroatoms. The lowest BCUT2D eigenvalue weighted by Crippen LogP contribution is -2.35. The molecule has 1 nitrogen and oxygen atoms in total. The van der Waals surface area contributed by atoms with Gasteiger partial charge in [0.15, 0.2) is 0 Å². The molecule has 1 N–H and O–H groups in total. The molecule has 0 unspecified atom stereocenters. The summed E-state index contributed by atoms with van der Waals surface area (Å²) in [6, 6.07) is 0.867. The summed E-state index contributed by atoms with van der Waals surface area (Å²) in [5.74, 6) is 1.05. The van der Waals surface area contributed by atoms with Gasteiger partial charge in [-0.3, -0.25) is 0 Å².